The van der Waals surface area contributed by atoms with E-state index >= 15 is 0 Å². The quantitative estimate of drug-likeness (QED) is 0.604. The van der Waals surface area contributed by atoms with Crippen molar-refractivity contribution in [2.45, 2.75) is 16.1 Å². The third-order valence-electron chi connectivity index (χ3n) is 5.23. The van der Waals surface area contributed by atoms with Crippen LogP contribution in [0.4, 0.5) is 0 Å². The van der Waals surface area contributed by atoms with Gasteiger partial charge in [-0.05, 0) is 41.5 Å². The number of ketones is 1. The maximum atomic E-state index is 13.6. The summed E-state index contributed by atoms with van der Waals surface area (Å²) >= 11 is 1.79. The minimum absolute atomic E-state index is 0.0973. The van der Waals surface area contributed by atoms with E-state index in [1.165, 1.54) is 15.4 Å². The Balaban J connectivity index is 1.58. The largest absolute Gasteiger partial charge is 0.488 e. The van der Waals surface area contributed by atoms with Gasteiger partial charge < -0.3 is 9.64 Å². The Kier molecular flexibility index (Phi) is 6.02. The van der Waals surface area contributed by atoms with Crippen molar-refractivity contribution in [3.05, 3.63) is 95.6 Å². The van der Waals surface area contributed by atoms with Crippen LogP contribution >= 0.6 is 11.8 Å². The molecule has 0 aliphatic carbocycles. The Bertz CT molecular complexity index is 970. The molecule has 1 N–H and O–H groups in total. The number of rotatable bonds is 7. The lowest BCUT2D eigenvalue weighted by atomic mass is 9.85. The van der Waals surface area contributed by atoms with Crippen LogP contribution in [-0.2, 0) is 0 Å². The van der Waals surface area contributed by atoms with E-state index in [4.69, 9.17) is 4.74 Å². The topological polar surface area (TPSA) is 30.7 Å². The van der Waals surface area contributed by atoms with Gasteiger partial charge in [-0.3, -0.25) is 4.79 Å². The SMILES string of the molecule is C[NH+](C)CCOc1ccc(C(=O)C2c3ccccc3SC2c2ccccc2)cc1. The highest BCUT2D eigenvalue weighted by atomic mass is 32.2. The van der Waals surface area contributed by atoms with Crippen molar-refractivity contribution in [3.8, 4) is 5.75 Å². The van der Waals surface area contributed by atoms with Gasteiger partial charge >= 0.3 is 0 Å². The third-order valence-corrected chi connectivity index (χ3v) is 6.65. The van der Waals surface area contributed by atoms with Crippen molar-refractivity contribution in [1.82, 2.24) is 0 Å². The van der Waals surface area contributed by atoms with E-state index in [0.717, 1.165) is 23.4 Å². The molecule has 1 aliphatic heterocycles. The molecule has 0 saturated carbocycles. The number of hydrogen-bond acceptors (Lipinski definition) is 3. The molecule has 3 aromatic carbocycles. The Morgan fingerprint density at radius 2 is 1.62 bits per heavy atom. The summed E-state index contributed by atoms with van der Waals surface area (Å²) in [7, 11) is 4.21. The van der Waals surface area contributed by atoms with Gasteiger partial charge in [0.25, 0.3) is 0 Å². The second-order valence-corrected chi connectivity index (χ2v) is 8.84. The number of hydrogen-bond donors (Lipinski definition) is 1. The zero-order valence-electron chi connectivity index (χ0n) is 16.8. The smallest absolute Gasteiger partial charge is 0.171 e. The summed E-state index contributed by atoms with van der Waals surface area (Å²) in [6.07, 6.45) is 0. The van der Waals surface area contributed by atoms with E-state index in [1.54, 1.807) is 11.8 Å². The summed E-state index contributed by atoms with van der Waals surface area (Å²) in [6, 6.07) is 26.2. The van der Waals surface area contributed by atoms with Crippen LogP contribution in [0.3, 0.4) is 0 Å². The average Bonchev–Trinajstić information content (AvgIpc) is 3.14. The molecule has 0 radical (unpaired) electrons. The van der Waals surface area contributed by atoms with Crippen LogP contribution in [0.2, 0.25) is 0 Å². The van der Waals surface area contributed by atoms with Gasteiger partial charge in [0.2, 0.25) is 0 Å². The number of likely N-dealkylation sites (N-methyl/N-ethyl adjacent to an activating group) is 1. The van der Waals surface area contributed by atoms with Gasteiger partial charge in [0.1, 0.15) is 18.9 Å². The van der Waals surface area contributed by atoms with E-state index in [0.29, 0.717) is 6.61 Å². The van der Waals surface area contributed by atoms with Crippen molar-refractivity contribution in [2.24, 2.45) is 0 Å². The maximum Gasteiger partial charge on any atom is 0.171 e. The molecule has 0 saturated heterocycles. The number of benzene rings is 3. The number of carbonyl (C=O) groups excluding carboxylic acids is 1. The lowest BCUT2D eigenvalue weighted by Gasteiger charge is -2.19. The van der Waals surface area contributed by atoms with Gasteiger partial charge in [-0.15, -0.1) is 11.8 Å². The number of fused-ring (bicyclic) bond motifs is 1. The Labute approximate surface area is 176 Å². The monoisotopic (exact) mass is 404 g/mol. The van der Waals surface area contributed by atoms with E-state index < -0.39 is 0 Å². The minimum atomic E-state index is -0.178. The molecule has 2 atom stereocenters. The number of thioether (sulfide) groups is 1. The summed E-state index contributed by atoms with van der Waals surface area (Å²) < 4.78 is 5.79. The molecule has 3 nitrogen and oxygen atoms in total. The van der Waals surface area contributed by atoms with Crippen LogP contribution in [0.15, 0.2) is 83.8 Å². The number of ether oxygens (including phenoxy) is 1. The summed E-state index contributed by atoms with van der Waals surface area (Å²) in [5, 5.41) is 0.0973. The molecule has 0 bridgehead atoms. The van der Waals surface area contributed by atoms with Crippen LogP contribution in [-0.4, -0.2) is 33.0 Å². The first-order valence-corrected chi connectivity index (χ1v) is 10.9. The van der Waals surface area contributed by atoms with Gasteiger partial charge in [-0.25, -0.2) is 0 Å². The number of quaternary nitrogens is 1. The molecule has 2 unspecified atom stereocenters. The molecule has 1 aliphatic rings. The number of Topliss-reactive ketones (excluding diaryl/α,β-unsaturated/α-hetero) is 1. The summed E-state index contributed by atoms with van der Waals surface area (Å²) in [6.45, 7) is 1.61. The zero-order valence-corrected chi connectivity index (χ0v) is 17.6. The van der Waals surface area contributed by atoms with Gasteiger partial charge in [-0.2, -0.15) is 0 Å². The first kappa shape index (κ1) is 19.7. The Morgan fingerprint density at radius 1 is 0.931 bits per heavy atom. The highest BCUT2D eigenvalue weighted by Crippen LogP contribution is 2.55. The van der Waals surface area contributed by atoms with Gasteiger partial charge in [0.05, 0.1) is 20.0 Å². The normalized spacial score (nSPS) is 17.9. The fourth-order valence-electron chi connectivity index (χ4n) is 3.66. The van der Waals surface area contributed by atoms with E-state index in [1.807, 2.05) is 54.6 Å². The first-order chi connectivity index (χ1) is 14.1. The van der Waals surface area contributed by atoms with Crippen molar-refractivity contribution in [3.63, 3.8) is 0 Å². The minimum Gasteiger partial charge on any atom is -0.488 e. The van der Waals surface area contributed by atoms with E-state index in [-0.39, 0.29) is 17.0 Å². The predicted octanol–water partition coefficient (Wildman–Crippen LogP) is 4.02. The summed E-state index contributed by atoms with van der Waals surface area (Å²) in [4.78, 5) is 16.1. The zero-order chi connectivity index (χ0) is 20.2. The highest BCUT2D eigenvalue weighted by Gasteiger charge is 2.39. The molecule has 0 aromatic heterocycles. The summed E-state index contributed by atoms with van der Waals surface area (Å²) in [5.74, 6) is 0.798. The molecule has 1 heterocycles. The van der Waals surface area contributed by atoms with Gasteiger partial charge in [-0.1, -0.05) is 48.5 Å². The number of carbonyl (C=O) groups is 1. The molecule has 0 amide bonds. The molecule has 0 spiro atoms. The fraction of sp³-hybridized carbons (Fsp3) is 0.240. The van der Waals surface area contributed by atoms with E-state index in [9.17, 15) is 4.79 Å². The van der Waals surface area contributed by atoms with Crippen LogP contribution in [0, 0.1) is 0 Å². The highest BCUT2D eigenvalue weighted by molar-refractivity contribution is 8.00. The van der Waals surface area contributed by atoms with Crippen LogP contribution in [0.25, 0.3) is 0 Å². The number of nitrogens with one attached hydrogen (secondary N) is 1. The second kappa shape index (κ2) is 8.85. The summed E-state index contributed by atoms with van der Waals surface area (Å²) in [5.41, 5.74) is 3.06. The lowest BCUT2D eigenvalue weighted by molar-refractivity contribution is -0.858. The van der Waals surface area contributed by atoms with Crippen molar-refractivity contribution in [1.29, 1.82) is 0 Å². The molecule has 0 fully saturated rings. The molecule has 4 heteroatoms. The van der Waals surface area contributed by atoms with Crippen molar-refractivity contribution < 1.29 is 14.4 Å². The molecular weight excluding hydrogens is 378 g/mol. The molecule has 3 aromatic rings. The van der Waals surface area contributed by atoms with Gasteiger partial charge in [0, 0.05) is 15.7 Å². The van der Waals surface area contributed by atoms with Gasteiger partial charge in [0.15, 0.2) is 5.78 Å². The molecular formula is C25H26NO2S+. The molecule has 148 valence electrons. The Hall–Kier alpha value is -2.56. The molecule has 29 heavy (non-hydrogen) atoms. The lowest BCUT2D eigenvalue weighted by Crippen LogP contribution is -3.06. The fourth-order valence-corrected chi connectivity index (χ4v) is 5.12. The second-order valence-electron chi connectivity index (χ2n) is 7.66. The van der Waals surface area contributed by atoms with Crippen LogP contribution in [0.1, 0.15) is 32.7 Å². The third kappa shape index (κ3) is 4.39. The molecule has 4 rings (SSSR count). The van der Waals surface area contributed by atoms with Crippen molar-refractivity contribution >= 4 is 17.5 Å². The van der Waals surface area contributed by atoms with Crippen LogP contribution in [0.5, 0.6) is 5.75 Å². The van der Waals surface area contributed by atoms with Crippen LogP contribution < -0.4 is 9.64 Å². The predicted molar refractivity (Wildman–Crippen MR) is 118 cm³/mol. The maximum absolute atomic E-state index is 13.6. The Morgan fingerprint density at radius 3 is 2.34 bits per heavy atom. The first-order valence-electron chi connectivity index (χ1n) is 10.00. The standard InChI is InChI=1S/C25H25NO2S/c1-26(2)16-17-28-20-14-12-18(13-15-20)24(27)23-21-10-6-7-11-22(21)29-25(23)19-8-4-3-5-9-19/h3-15,23,25H,16-17H2,1-2H3/p+1. The average molecular weight is 405 g/mol. The van der Waals surface area contributed by atoms with E-state index in [2.05, 4.69) is 38.4 Å². The van der Waals surface area contributed by atoms with Crippen molar-refractivity contribution in [2.75, 3.05) is 27.2 Å².